The topological polar surface area (TPSA) is 41.5 Å². The molecule has 0 unspecified atom stereocenters. The van der Waals surface area contributed by atoms with Gasteiger partial charge in [0.2, 0.25) is 0 Å². The summed E-state index contributed by atoms with van der Waals surface area (Å²) in [5.74, 6) is -0.191. The molecule has 0 atom stereocenters. The highest BCUT2D eigenvalue weighted by Crippen LogP contribution is 2.19. The highest BCUT2D eigenvalue weighted by molar-refractivity contribution is 6.02. The Kier molecular flexibility index (Phi) is 7.14. The van der Waals surface area contributed by atoms with Crippen molar-refractivity contribution in [2.75, 3.05) is 0 Å². The summed E-state index contributed by atoms with van der Waals surface area (Å²) in [5, 5.41) is 4.44. The Balaban J connectivity index is 1.70. The molecule has 0 aromatic heterocycles. The molecule has 0 aliphatic heterocycles. The lowest BCUT2D eigenvalue weighted by Gasteiger charge is -2.08. The Hall–Kier alpha value is -3.20. The van der Waals surface area contributed by atoms with Gasteiger partial charge in [0.15, 0.2) is 0 Å². The molecule has 0 aliphatic carbocycles. The number of nitrogens with one attached hydrogen (secondary N) is 1. The number of carbonyl (C=O) groups is 1. The fraction of sp³-hybridized carbons (Fsp3) is 0.200. The molecule has 0 saturated carbocycles. The molecule has 0 heterocycles. The van der Waals surface area contributed by atoms with Crippen LogP contribution >= 0.6 is 0 Å². The van der Waals surface area contributed by atoms with Gasteiger partial charge in [-0.3, -0.25) is 4.79 Å². The second-order valence-corrected chi connectivity index (χ2v) is 6.77. The molecule has 1 N–H and O–H groups in total. The smallest absolute Gasteiger partial charge is 0.267 e. The van der Waals surface area contributed by atoms with E-state index in [4.69, 9.17) is 0 Å². The van der Waals surface area contributed by atoms with Gasteiger partial charge in [0.25, 0.3) is 5.91 Å². The van der Waals surface area contributed by atoms with Crippen molar-refractivity contribution in [2.24, 2.45) is 5.10 Å². The molecule has 3 aromatic rings. The summed E-state index contributed by atoms with van der Waals surface area (Å²) >= 11 is 0. The van der Waals surface area contributed by atoms with Crippen molar-refractivity contribution >= 4 is 11.6 Å². The zero-order valence-corrected chi connectivity index (χ0v) is 16.3. The standard InChI is InChI=1S/C25H26N2O/c1-2-3-6-15-24(22-13-9-5-10-14-22)26-27-25(28)23-18-16-21(17-19-23)20-11-7-4-8-12-20/h4-5,7-14,16-19H,2-3,6,15H2,1H3,(H,27,28)/b26-24+. The van der Waals surface area contributed by atoms with Gasteiger partial charge in [-0.25, -0.2) is 5.43 Å². The number of carbonyl (C=O) groups excluding carboxylic acids is 1. The van der Waals surface area contributed by atoms with E-state index in [1.54, 1.807) is 0 Å². The monoisotopic (exact) mass is 370 g/mol. The highest BCUT2D eigenvalue weighted by atomic mass is 16.2. The molecule has 142 valence electrons. The van der Waals surface area contributed by atoms with E-state index >= 15 is 0 Å². The van der Waals surface area contributed by atoms with E-state index < -0.39 is 0 Å². The van der Waals surface area contributed by atoms with Crippen LogP contribution in [0.1, 0.15) is 48.5 Å². The van der Waals surface area contributed by atoms with Crippen molar-refractivity contribution in [2.45, 2.75) is 32.6 Å². The van der Waals surface area contributed by atoms with E-state index in [2.05, 4.69) is 29.6 Å². The Bertz CT molecular complexity index is 900. The maximum atomic E-state index is 12.5. The summed E-state index contributed by atoms with van der Waals surface area (Å²) < 4.78 is 0. The molecule has 0 bridgehead atoms. The van der Waals surface area contributed by atoms with Crippen molar-refractivity contribution in [1.82, 2.24) is 5.43 Å². The molecular formula is C25H26N2O. The van der Waals surface area contributed by atoms with Crippen molar-refractivity contribution in [3.63, 3.8) is 0 Å². The molecule has 3 rings (SSSR count). The molecule has 1 amide bonds. The van der Waals surface area contributed by atoms with Crippen LogP contribution in [0.15, 0.2) is 90.0 Å². The lowest BCUT2D eigenvalue weighted by molar-refractivity contribution is 0.0955. The second kappa shape index (κ2) is 10.2. The molecule has 3 heteroatoms. The fourth-order valence-electron chi connectivity index (χ4n) is 3.07. The number of nitrogens with zero attached hydrogens (tertiary/aromatic N) is 1. The van der Waals surface area contributed by atoms with Gasteiger partial charge in [-0.05, 0) is 41.7 Å². The first-order chi connectivity index (χ1) is 13.8. The van der Waals surface area contributed by atoms with Gasteiger partial charge in [0.1, 0.15) is 0 Å². The first kappa shape index (κ1) is 19.6. The maximum absolute atomic E-state index is 12.5. The van der Waals surface area contributed by atoms with Crippen molar-refractivity contribution in [3.05, 3.63) is 96.1 Å². The van der Waals surface area contributed by atoms with E-state index in [0.717, 1.165) is 48.1 Å². The Morgan fingerprint density at radius 2 is 1.36 bits per heavy atom. The number of unbranched alkanes of at least 4 members (excludes halogenated alkanes) is 2. The predicted octanol–water partition coefficient (Wildman–Crippen LogP) is 6.07. The molecule has 28 heavy (non-hydrogen) atoms. The molecule has 3 nitrogen and oxygen atoms in total. The van der Waals surface area contributed by atoms with E-state index in [0.29, 0.717) is 5.56 Å². The SMILES string of the molecule is CCCCC/C(=N\NC(=O)c1ccc(-c2ccccc2)cc1)c1ccccc1. The van der Waals surface area contributed by atoms with Gasteiger partial charge in [-0.2, -0.15) is 5.10 Å². The number of rotatable bonds is 8. The van der Waals surface area contributed by atoms with Crippen molar-refractivity contribution in [1.29, 1.82) is 0 Å². The van der Waals surface area contributed by atoms with E-state index in [1.807, 2.05) is 72.8 Å². The number of benzene rings is 3. The number of hydrogen-bond donors (Lipinski definition) is 1. The van der Waals surface area contributed by atoms with Crippen molar-refractivity contribution in [3.8, 4) is 11.1 Å². The van der Waals surface area contributed by atoms with Crippen LogP contribution in [0.2, 0.25) is 0 Å². The summed E-state index contributed by atoms with van der Waals surface area (Å²) in [6.07, 6.45) is 4.22. The Morgan fingerprint density at radius 1 is 0.750 bits per heavy atom. The molecule has 0 spiro atoms. The lowest BCUT2D eigenvalue weighted by atomic mass is 10.0. The quantitative estimate of drug-likeness (QED) is 0.292. The normalized spacial score (nSPS) is 11.2. The fourth-order valence-corrected chi connectivity index (χ4v) is 3.07. The average Bonchev–Trinajstić information content (AvgIpc) is 2.77. The van der Waals surface area contributed by atoms with Crippen LogP contribution in [-0.4, -0.2) is 11.6 Å². The zero-order chi connectivity index (χ0) is 19.6. The highest BCUT2D eigenvalue weighted by Gasteiger charge is 2.08. The van der Waals surface area contributed by atoms with E-state index in [-0.39, 0.29) is 5.91 Å². The van der Waals surface area contributed by atoms with Crippen LogP contribution in [0.25, 0.3) is 11.1 Å². The minimum absolute atomic E-state index is 0.191. The van der Waals surface area contributed by atoms with Gasteiger partial charge in [-0.1, -0.05) is 92.6 Å². The van der Waals surface area contributed by atoms with Gasteiger partial charge < -0.3 is 0 Å². The van der Waals surface area contributed by atoms with Crippen LogP contribution in [0.3, 0.4) is 0 Å². The van der Waals surface area contributed by atoms with E-state index in [1.165, 1.54) is 0 Å². The first-order valence-electron chi connectivity index (χ1n) is 9.85. The minimum Gasteiger partial charge on any atom is -0.267 e. The van der Waals surface area contributed by atoms with Gasteiger partial charge in [0, 0.05) is 5.56 Å². The summed E-state index contributed by atoms with van der Waals surface area (Å²) in [4.78, 5) is 12.5. The van der Waals surface area contributed by atoms with Crippen LogP contribution in [0.4, 0.5) is 0 Å². The average molecular weight is 370 g/mol. The molecule has 3 aromatic carbocycles. The molecule has 0 fully saturated rings. The third-order valence-electron chi connectivity index (χ3n) is 4.67. The number of hydrazone groups is 1. The van der Waals surface area contributed by atoms with Crippen LogP contribution in [0, 0.1) is 0 Å². The molecular weight excluding hydrogens is 344 g/mol. The van der Waals surface area contributed by atoms with Gasteiger partial charge in [-0.15, -0.1) is 0 Å². The minimum atomic E-state index is -0.191. The van der Waals surface area contributed by atoms with Crippen molar-refractivity contribution < 1.29 is 4.79 Å². The van der Waals surface area contributed by atoms with Crippen LogP contribution in [-0.2, 0) is 0 Å². The summed E-state index contributed by atoms with van der Waals surface area (Å²) in [5.41, 5.74) is 7.53. The Morgan fingerprint density at radius 3 is 2.00 bits per heavy atom. The number of hydrogen-bond acceptors (Lipinski definition) is 2. The lowest BCUT2D eigenvalue weighted by Crippen LogP contribution is -2.20. The summed E-state index contributed by atoms with van der Waals surface area (Å²) in [7, 11) is 0. The summed E-state index contributed by atoms with van der Waals surface area (Å²) in [6, 6.07) is 27.8. The third-order valence-corrected chi connectivity index (χ3v) is 4.67. The van der Waals surface area contributed by atoms with Crippen LogP contribution in [0.5, 0.6) is 0 Å². The molecule has 0 aliphatic rings. The molecule has 0 radical (unpaired) electrons. The van der Waals surface area contributed by atoms with Crippen LogP contribution < -0.4 is 5.43 Å². The zero-order valence-electron chi connectivity index (χ0n) is 16.3. The second-order valence-electron chi connectivity index (χ2n) is 6.77. The third kappa shape index (κ3) is 5.40. The van der Waals surface area contributed by atoms with Gasteiger partial charge >= 0.3 is 0 Å². The molecule has 0 saturated heterocycles. The van der Waals surface area contributed by atoms with Gasteiger partial charge in [0.05, 0.1) is 5.71 Å². The first-order valence-corrected chi connectivity index (χ1v) is 9.85. The predicted molar refractivity (Wildman–Crippen MR) is 116 cm³/mol. The Labute approximate surface area is 167 Å². The van der Waals surface area contributed by atoms with E-state index in [9.17, 15) is 4.79 Å². The summed E-state index contributed by atoms with van der Waals surface area (Å²) in [6.45, 7) is 2.18. The largest absolute Gasteiger partial charge is 0.271 e. The maximum Gasteiger partial charge on any atom is 0.271 e. The number of amides is 1.